The van der Waals surface area contributed by atoms with Gasteiger partial charge in [0, 0.05) is 22.5 Å². The SMILES string of the molecule is CCC(C)(C)c1cc(-c2nc3ccccc3n2-c2ccccc2)cc(-c2nc3ccccc3n2-c2ccccc2)c1. The summed E-state index contributed by atoms with van der Waals surface area (Å²) >= 11 is 0. The highest BCUT2D eigenvalue weighted by Gasteiger charge is 2.24. The molecule has 0 amide bonds. The van der Waals surface area contributed by atoms with Gasteiger partial charge in [-0.2, -0.15) is 0 Å². The monoisotopic (exact) mass is 532 g/mol. The fourth-order valence-corrected chi connectivity index (χ4v) is 5.60. The van der Waals surface area contributed by atoms with Crippen LogP contribution in [0.3, 0.4) is 0 Å². The van der Waals surface area contributed by atoms with Crippen molar-refractivity contribution >= 4 is 22.1 Å². The smallest absolute Gasteiger partial charge is 0.145 e. The van der Waals surface area contributed by atoms with Gasteiger partial charge in [0.15, 0.2) is 0 Å². The van der Waals surface area contributed by atoms with E-state index in [9.17, 15) is 0 Å². The molecule has 0 atom stereocenters. The number of benzene rings is 5. The van der Waals surface area contributed by atoms with Crippen LogP contribution in [0.1, 0.15) is 32.8 Å². The first-order valence-corrected chi connectivity index (χ1v) is 14.3. The van der Waals surface area contributed by atoms with E-state index in [0.29, 0.717) is 0 Å². The van der Waals surface area contributed by atoms with E-state index in [-0.39, 0.29) is 5.41 Å². The zero-order chi connectivity index (χ0) is 28.0. The zero-order valence-electron chi connectivity index (χ0n) is 23.6. The number of aromatic nitrogens is 4. The summed E-state index contributed by atoms with van der Waals surface area (Å²) in [6.07, 6.45) is 1.01. The molecule has 0 aliphatic heterocycles. The minimum absolute atomic E-state index is 0.0298. The third kappa shape index (κ3) is 4.33. The minimum Gasteiger partial charge on any atom is -0.292 e. The molecule has 0 saturated carbocycles. The largest absolute Gasteiger partial charge is 0.292 e. The van der Waals surface area contributed by atoms with Crippen molar-refractivity contribution in [1.29, 1.82) is 0 Å². The van der Waals surface area contributed by atoms with Gasteiger partial charge < -0.3 is 0 Å². The van der Waals surface area contributed by atoms with Gasteiger partial charge >= 0.3 is 0 Å². The molecule has 7 rings (SSSR count). The molecule has 7 aromatic rings. The summed E-state index contributed by atoms with van der Waals surface area (Å²) in [5.74, 6) is 1.85. The third-order valence-corrected chi connectivity index (χ3v) is 8.27. The van der Waals surface area contributed by atoms with E-state index in [1.165, 1.54) is 5.56 Å². The van der Waals surface area contributed by atoms with Gasteiger partial charge in [0.25, 0.3) is 0 Å². The molecule has 4 nitrogen and oxygen atoms in total. The first-order valence-electron chi connectivity index (χ1n) is 14.3. The summed E-state index contributed by atoms with van der Waals surface area (Å²) in [5.41, 5.74) is 9.71. The van der Waals surface area contributed by atoms with E-state index in [1.54, 1.807) is 0 Å². The zero-order valence-corrected chi connectivity index (χ0v) is 23.6. The van der Waals surface area contributed by atoms with Gasteiger partial charge in [-0.25, -0.2) is 9.97 Å². The summed E-state index contributed by atoms with van der Waals surface area (Å²) in [4.78, 5) is 10.4. The molecule has 5 aromatic carbocycles. The lowest BCUT2D eigenvalue weighted by molar-refractivity contribution is 0.506. The number of rotatable bonds is 6. The third-order valence-electron chi connectivity index (χ3n) is 8.27. The highest BCUT2D eigenvalue weighted by atomic mass is 15.1. The molecule has 41 heavy (non-hydrogen) atoms. The Balaban J connectivity index is 1.54. The molecule has 0 fully saturated rings. The van der Waals surface area contributed by atoms with Crippen LogP contribution >= 0.6 is 0 Å². The minimum atomic E-state index is -0.0298. The van der Waals surface area contributed by atoms with Crippen LogP contribution in [0.15, 0.2) is 127 Å². The maximum Gasteiger partial charge on any atom is 0.145 e. The Morgan fingerprint density at radius 3 is 1.39 bits per heavy atom. The molecule has 4 heteroatoms. The quantitative estimate of drug-likeness (QED) is 0.214. The molecule has 0 aliphatic rings. The molecule has 0 spiro atoms. The summed E-state index contributed by atoms with van der Waals surface area (Å²) in [5, 5.41) is 0. The molecule has 0 N–H and O–H groups in total. The molecule has 200 valence electrons. The maximum absolute atomic E-state index is 5.20. The van der Waals surface area contributed by atoms with E-state index in [1.807, 2.05) is 0 Å². The van der Waals surface area contributed by atoms with Crippen molar-refractivity contribution in [3.63, 3.8) is 0 Å². The molecule has 2 heterocycles. The molecule has 0 saturated heterocycles. The Hall–Kier alpha value is -4.96. The number of hydrogen-bond acceptors (Lipinski definition) is 2. The highest BCUT2D eigenvalue weighted by Crippen LogP contribution is 2.38. The van der Waals surface area contributed by atoms with Crippen molar-refractivity contribution in [2.45, 2.75) is 32.6 Å². The van der Waals surface area contributed by atoms with E-state index in [0.717, 1.165) is 62.6 Å². The summed E-state index contributed by atoms with van der Waals surface area (Å²) in [6.45, 7) is 6.89. The average molecular weight is 533 g/mol. The normalized spacial score (nSPS) is 11.9. The van der Waals surface area contributed by atoms with Crippen LogP contribution in [0.4, 0.5) is 0 Å². The Morgan fingerprint density at radius 2 is 0.951 bits per heavy atom. The number of nitrogens with zero attached hydrogens (tertiary/aromatic N) is 4. The molecule has 2 aromatic heterocycles. The molecule has 0 unspecified atom stereocenters. The standard InChI is InChI=1S/C37H32N4/c1-4-37(2,3)28-24-26(35-38-31-19-11-13-21-33(31)40(35)29-15-7-5-8-16-29)23-27(25-28)36-39-32-20-12-14-22-34(32)41(36)30-17-9-6-10-18-30/h5-25H,4H2,1-3H3. The summed E-state index contributed by atoms with van der Waals surface area (Å²) in [6, 6.07) is 44.7. The van der Waals surface area contributed by atoms with Crippen LogP contribution in [0, 0.1) is 0 Å². The predicted octanol–water partition coefficient (Wildman–Crippen LogP) is 9.39. The van der Waals surface area contributed by atoms with E-state index in [2.05, 4.69) is 157 Å². The van der Waals surface area contributed by atoms with Crippen molar-refractivity contribution in [2.75, 3.05) is 0 Å². The molecule has 0 bridgehead atoms. The lowest BCUT2D eigenvalue weighted by Crippen LogP contribution is -2.16. The topological polar surface area (TPSA) is 35.6 Å². The van der Waals surface area contributed by atoms with E-state index >= 15 is 0 Å². The number of fused-ring (bicyclic) bond motifs is 2. The molecule has 0 aliphatic carbocycles. The first kappa shape index (κ1) is 25.0. The Morgan fingerprint density at radius 1 is 0.537 bits per heavy atom. The van der Waals surface area contributed by atoms with Gasteiger partial charge in [-0.15, -0.1) is 0 Å². The summed E-state index contributed by atoms with van der Waals surface area (Å²) in [7, 11) is 0. The van der Waals surface area contributed by atoms with Crippen molar-refractivity contribution < 1.29 is 0 Å². The van der Waals surface area contributed by atoms with Gasteiger partial charge in [-0.05, 0) is 84.1 Å². The number of hydrogen-bond donors (Lipinski definition) is 0. The van der Waals surface area contributed by atoms with Crippen molar-refractivity contribution in [1.82, 2.24) is 19.1 Å². The maximum atomic E-state index is 5.20. The Kier molecular flexibility index (Phi) is 6.05. The van der Waals surface area contributed by atoms with Crippen molar-refractivity contribution in [2.24, 2.45) is 0 Å². The number of imidazole rings is 2. The van der Waals surface area contributed by atoms with Crippen LogP contribution in [-0.4, -0.2) is 19.1 Å². The van der Waals surface area contributed by atoms with Gasteiger partial charge in [0.2, 0.25) is 0 Å². The van der Waals surface area contributed by atoms with Crippen LogP contribution in [-0.2, 0) is 5.41 Å². The lowest BCUT2D eigenvalue weighted by atomic mass is 9.80. The fraction of sp³-hybridized carbons (Fsp3) is 0.135. The lowest BCUT2D eigenvalue weighted by Gasteiger charge is -2.25. The van der Waals surface area contributed by atoms with E-state index < -0.39 is 0 Å². The number of para-hydroxylation sites is 6. The fourth-order valence-electron chi connectivity index (χ4n) is 5.60. The molecular formula is C37H32N4. The van der Waals surface area contributed by atoms with Crippen LogP contribution in [0.2, 0.25) is 0 Å². The molecule has 0 radical (unpaired) electrons. The Bertz CT molecular complexity index is 1860. The van der Waals surface area contributed by atoms with Crippen molar-refractivity contribution in [3.8, 4) is 34.2 Å². The second-order valence-electron chi connectivity index (χ2n) is 11.2. The van der Waals surface area contributed by atoms with Crippen LogP contribution in [0.25, 0.3) is 56.2 Å². The second-order valence-corrected chi connectivity index (χ2v) is 11.2. The van der Waals surface area contributed by atoms with Crippen LogP contribution in [0.5, 0.6) is 0 Å². The summed E-state index contributed by atoms with van der Waals surface area (Å²) < 4.78 is 4.55. The van der Waals surface area contributed by atoms with E-state index in [4.69, 9.17) is 9.97 Å². The van der Waals surface area contributed by atoms with Gasteiger partial charge in [0.1, 0.15) is 11.6 Å². The molecular weight excluding hydrogens is 500 g/mol. The average Bonchev–Trinajstić information content (AvgIpc) is 3.61. The Labute approximate surface area is 240 Å². The van der Waals surface area contributed by atoms with Crippen LogP contribution < -0.4 is 0 Å². The first-order chi connectivity index (χ1) is 20.0. The predicted molar refractivity (Wildman–Crippen MR) is 170 cm³/mol. The highest BCUT2D eigenvalue weighted by molar-refractivity contribution is 5.86. The van der Waals surface area contributed by atoms with Gasteiger partial charge in [-0.3, -0.25) is 9.13 Å². The van der Waals surface area contributed by atoms with Gasteiger partial charge in [0.05, 0.1) is 22.1 Å². The second kappa shape index (κ2) is 9.90. The van der Waals surface area contributed by atoms with Gasteiger partial charge in [-0.1, -0.05) is 81.4 Å². The van der Waals surface area contributed by atoms with Crippen molar-refractivity contribution in [3.05, 3.63) is 133 Å².